The van der Waals surface area contributed by atoms with E-state index in [-0.39, 0.29) is 35.5 Å². The Morgan fingerprint density at radius 1 is 0.673 bits per heavy atom. The smallest absolute Gasteiger partial charge is 0.335 e. The molecule has 6 rings (SSSR count). The number of anilines is 5. The number of nitrogens with two attached hydrogens (primary N) is 1. The Morgan fingerprint density at radius 2 is 1.09 bits per heavy atom. The Hall–Kier alpha value is -5.85. The summed E-state index contributed by atoms with van der Waals surface area (Å²) >= 11 is 4.39. The molecule has 7 N–H and O–H groups in total. The quantitative estimate of drug-likeness (QED) is 0.128. The molecule has 2 aliphatic carbocycles. The fraction of sp³-hybridized carbons (Fsp3) is 0.278. The van der Waals surface area contributed by atoms with Crippen molar-refractivity contribution in [2.24, 2.45) is 17.6 Å². The highest BCUT2D eigenvalue weighted by Crippen LogP contribution is 2.31. The van der Waals surface area contributed by atoms with Gasteiger partial charge in [0.2, 0.25) is 11.8 Å². The third kappa shape index (κ3) is 16.0. The van der Waals surface area contributed by atoms with E-state index < -0.39 is 23.1 Å². The van der Waals surface area contributed by atoms with Gasteiger partial charge in [-0.3, -0.25) is 19.2 Å². The van der Waals surface area contributed by atoms with Crippen LogP contribution in [-0.2, 0) is 32.7 Å². The highest BCUT2D eigenvalue weighted by atomic mass is 35.5. The number of benzene rings is 2. The van der Waals surface area contributed by atoms with E-state index in [1.165, 1.54) is 12.4 Å². The topological polar surface area (TPSA) is 249 Å². The lowest BCUT2D eigenvalue weighted by Crippen LogP contribution is -2.20. The summed E-state index contributed by atoms with van der Waals surface area (Å²) in [5, 5.41) is 14.8. The van der Waals surface area contributed by atoms with Crippen LogP contribution in [0, 0.1) is 25.7 Å². The molecule has 0 bridgehead atoms. The molecule has 19 heteroatoms. The van der Waals surface area contributed by atoms with Gasteiger partial charge in [-0.2, -0.15) is 16.8 Å². The Balaban J connectivity index is 0.000000297. The number of hydrogen-bond donors (Lipinski definition) is 6. The maximum Gasteiger partial charge on any atom is 0.335 e. The molecule has 0 unspecified atom stereocenters. The second-order valence-electron chi connectivity index (χ2n) is 11.8. The molecule has 2 saturated carbocycles. The molecule has 0 atom stereocenters. The van der Waals surface area contributed by atoms with Crippen LogP contribution >= 0.6 is 11.6 Å². The number of pyridine rings is 2. The number of carbonyl (C=O) groups excluding carboxylic acids is 4. The van der Waals surface area contributed by atoms with Gasteiger partial charge in [-0.05, 0) is 68.9 Å². The summed E-state index contributed by atoms with van der Waals surface area (Å²) in [6.45, 7) is 3.98. The van der Waals surface area contributed by atoms with Gasteiger partial charge in [-0.15, -0.1) is 0 Å². The number of nitrogens with one attached hydrogen (secondary N) is 5. The molecule has 2 aliphatic rings. The van der Waals surface area contributed by atoms with Crippen LogP contribution in [0.2, 0.25) is 5.15 Å². The second kappa shape index (κ2) is 23.7. The number of rotatable bonds is 9. The van der Waals surface area contributed by atoms with E-state index in [9.17, 15) is 19.2 Å². The molecule has 2 aromatic heterocycles. The molecular weight excluding hydrogens is 772 g/mol. The fourth-order valence-corrected chi connectivity index (χ4v) is 4.61. The van der Waals surface area contributed by atoms with E-state index in [4.69, 9.17) is 34.2 Å². The zero-order chi connectivity index (χ0) is 40.9. The van der Waals surface area contributed by atoms with Crippen LogP contribution in [0.5, 0.6) is 0 Å². The summed E-state index contributed by atoms with van der Waals surface area (Å²) in [7, 11) is 3.15. The number of carbonyl (C=O) groups is 4. The molecule has 292 valence electrons. The van der Waals surface area contributed by atoms with E-state index in [2.05, 4.69) is 36.6 Å². The first-order valence-electron chi connectivity index (χ1n) is 16.5. The van der Waals surface area contributed by atoms with Gasteiger partial charge in [0.05, 0.1) is 22.5 Å². The first kappa shape index (κ1) is 45.3. The Morgan fingerprint density at radius 3 is 1.47 bits per heavy atom. The average Bonchev–Trinajstić information content (AvgIpc) is 4.08. The summed E-state index contributed by atoms with van der Waals surface area (Å²) in [6, 6.07) is 18.9. The summed E-state index contributed by atoms with van der Waals surface area (Å²) in [5.41, 5.74) is 10.9. The van der Waals surface area contributed by atoms with Gasteiger partial charge in [0.15, 0.2) is 0 Å². The van der Waals surface area contributed by atoms with Crippen LogP contribution < -0.4 is 32.3 Å². The largest absolute Gasteiger partial charge is 0.369 e. The zero-order valence-electron chi connectivity index (χ0n) is 30.3. The van der Waals surface area contributed by atoms with Crippen molar-refractivity contribution in [1.82, 2.24) is 20.6 Å². The number of hydrogen-bond acceptors (Lipinski definition) is 12. The van der Waals surface area contributed by atoms with Crippen LogP contribution in [0.25, 0.3) is 0 Å². The molecule has 16 nitrogen and oxygen atoms in total. The van der Waals surface area contributed by atoms with Crippen molar-refractivity contribution >= 4 is 86.9 Å². The van der Waals surface area contributed by atoms with Gasteiger partial charge < -0.3 is 32.3 Å². The average molecular weight is 813 g/mol. The molecule has 0 radical (unpaired) electrons. The van der Waals surface area contributed by atoms with Gasteiger partial charge >= 0.3 is 23.1 Å². The van der Waals surface area contributed by atoms with E-state index >= 15 is 0 Å². The van der Waals surface area contributed by atoms with E-state index in [1.54, 1.807) is 26.2 Å². The molecule has 0 aliphatic heterocycles. The number of primary amides is 1. The highest BCUT2D eigenvalue weighted by Gasteiger charge is 2.30. The zero-order valence-corrected chi connectivity index (χ0v) is 32.7. The number of halogens is 1. The summed E-state index contributed by atoms with van der Waals surface area (Å²) in [4.78, 5) is 53.9. The summed E-state index contributed by atoms with van der Waals surface area (Å²) in [6.07, 6.45) is 6.83. The molecule has 55 heavy (non-hydrogen) atoms. The third-order valence-electron chi connectivity index (χ3n) is 7.73. The molecule has 0 saturated heterocycles. The Labute approximate surface area is 330 Å². The second-order valence-corrected chi connectivity index (χ2v) is 12.4. The van der Waals surface area contributed by atoms with Gasteiger partial charge in [-0.1, -0.05) is 48.0 Å². The van der Waals surface area contributed by atoms with Crippen molar-refractivity contribution in [2.45, 2.75) is 39.5 Å². The minimum Gasteiger partial charge on any atom is -0.369 e. The van der Waals surface area contributed by atoms with Crippen LogP contribution in [-0.4, -0.2) is 64.5 Å². The lowest BCUT2D eigenvalue weighted by molar-refractivity contribution is -0.119. The molecule has 4 aromatic rings. The van der Waals surface area contributed by atoms with Crippen molar-refractivity contribution in [1.29, 1.82) is 0 Å². The minimum atomic E-state index is -0.750. The molecule has 0 spiro atoms. The van der Waals surface area contributed by atoms with Crippen molar-refractivity contribution in [3.63, 3.8) is 0 Å². The van der Waals surface area contributed by atoms with Crippen molar-refractivity contribution in [3.8, 4) is 0 Å². The van der Waals surface area contributed by atoms with Crippen molar-refractivity contribution in [2.75, 3.05) is 30.0 Å². The first-order valence-corrected chi connectivity index (χ1v) is 18.2. The van der Waals surface area contributed by atoms with E-state index in [1.807, 2.05) is 62.4 Å². The number of nitrogens with zero attached hydrogens (tertiary/aromatic N) is 2. The standard InChI is InChI=1S/C18H20N4O2.C14H14ClN3O.C4H7NO.2O2S/c1-11-5-3-4-6-14(11)21-15-9-16(22-17(23)12-7-8-12)20-10-13(15)18(24)19-2;1-9-5-3-4-6-11(9)18-12-7-13(15)17-8-10(12)14(19)16-2;5-4(6)3-1-2-3;2*1-3-2/h3-6,9-10,12H,7-8H2,1-2H3,(H,19,24)(H2,20,21,22,23);3-8H,1-2H3,(H,16,19)(H,17,18);3H,1-2H2,(H2,5,6);;. The third-order valence-corrected chi connectivity index (χ3v) is 7.93. The lowest BCUT2D eigenvalue weighted by Gasteiger charge is -2.14. The SMILES string of the molecule is CNC(=O)c1cnc(Cl)cc1Nc1ccccc1C.CNC(=O)c1cnc(NC(=O)C2CC2)cc1Nc1ccccc1C.NC(=O)C1CC1.O=S=O.O=S=O. The number of para-hydroxylation sites is 2. The monoisotopic (exact) mass is 812 g/mol. The predicted molar refractivity (Wildman–Crippen MR) is 210 cm³/mol. The Kier molecular flexibility index (Phi) is 19.6. The molecule has 2 aromatic carbocycles. The Bertz CT molecular complexity index is 2020. The number of aromatic nitrogens is 2. The van der Waals surface area contributed by atoms with Crippen molar-refractivity contribution < 1.29 is 36.0 Å². The lowest BCUT2D eigenvalue weighted by atomic mass is 10.1. The van der Waals surface area contributed by atoms with E-state index in [0.29, 0.717) is 33.5 Å². The van der Waals surface area contributed by atoms with E-state index in [0.717, 1.165) is 48.2 Å². The maximum absolute atomic E-state index is 12.1. The van der Waals surface area contributed by atoms with Crippen LogP contribution in [0.3, 0.4) is 0 Å². The highest BCUT2D eigenvalue weighted by molar-refractivity contribution is 7.51. The van der Waals surface area contributed by atoms with Crippen LogP contribution in [0.4, 0.5) is 28.6 Å². The maximum atomic E-state index is 12.1. The van der Waals surface area contributed by atoms with Crippen LogP contribution in [0.1, 0.15) is 57.5 Å². The summed E-state index contributed by atoms with van der Waals surface area (Å²) < 4.78 is 33.2. The number of amides is 4. The van der Waals surface area contributed by atoms with Crippen molar-refractivity contribution in [3.05, 3.63) is 100 Å². The summed E-state index contributed by atoms with van der Waals surface area (Å²) in [5.74, 6) is 0.185. The molecule has 4 amide bonds. The van der Waals surface area contributed by atoms with Gasteiger partial charge in [0, 0.05) is 55.8 Å². The molecular formula is C36H41ClN8O8S2. The predicted octanol–water partition coefficient (Wildman–Crippen LogP) is 4.53. The fourth-order valence-electron chi connectivity index (χ4n) is 4.45. The first-order chi connectivity index (χ1) is 26.3. The van der Waals surface area contributed by atoms with Gasteiger partial charge in [0.25, 0.3) is 11.8 Å². The van der Waals surface area contributed by atoms with Gasteiger partial charge in [0.1, 0.15) is 11.0 Å². The molecule has 2 fully saturated rings. The molecule has 2 heterocycles. The normalized spacial score (nSPS) is 11.9. The van der Waals surface area contributed by atoms with Crippen LogP contribution in [0.15, 0.2) is 73.1 Å². The minimum absolute atomic E-state index is 0.0166. The van der Waals surface area contributed by atoms with Gasteiger partial charge in [-0.25, -0.2) is 9.97 Å². The number of aryl methyl sites for hydroxylation is 2.